The predicted molar refractivity (Wildman–Crippen MR) is 33.4 cm³/mol. The Morgan fingerprint density at radius 2 is 2.09 bits per heavy atom. The minimum absolute atomic E-state index is 0.446. The van der Waals surface area contributed by atoms with Crippen molar-refractivity contribution >= 4 is 5.91 Å². The number of carbonyl (C=O) groups is 1. The van der Waals surface area contributed by atoms with E-state index in [0.717, 1.165) is 6.54 Å². The molecule has 0 aliphatic rings. The average molecular weight is 168 g/mol. The smallest absolute Gasteiger partial charge is 0.343 e. The van der Waals surface area contributed by atoms with Gasteiger partial charge in [0.1, 0.15) is 0 Å². The summed E-state index contributed by atoms with van der Waals surface area (Å²) in [7, 11) is 0. The lowest BCUT2D eigenvalue weighted by atomic mass is 10.3. The molecule has 65 valence electrons. The second kappa shape index (κ2) is 4.20. The van der Waals surface area contributed by atoms with Gasteiger partial charge in [0.15, 0.2) is 0 Å². The number of rotatable bonds is 3. The fourth-order valence-corrected chi connectivity index (χ4v) is 0.391. The minimum Gasteiger partial charge on any atom is -0.343 e. The number of carbonyl (C=O) groups excluding carboxylic acids is 1. The maximum atomic E-state index is 11.4. The van der Waals surface area contributed by atoms with E-state index < -0.39 is 12.1 Å². The molecule has 0 rings (SSSR count). The molecular formula is C6H9F3NO. The molecule has 0 aromatic rings. The summed E-state index contributed by atoms with van der Waals surface area (Å²) in [6, 6.07) is 0. The molecule has 0 aliphatic heterocycles. The Kier molecular flexibility index (Phi) is 3.92. The average Bonchev–Trinajstić information content (AvgIpc) is 1.86. The van der Waals surface area contributed by atoms with Crippen LogP contribution in [0.5, 0.6) is 0 Å². The van der Waals surface area contributed by atoms with Crippen molar-refractivity contribution in [2.24, 2.45) is 0 Å². The molecule has 1 radical (unpaired) electrons. The Bertz CT molecular complexity index is 132. The molecule has 0 saturated carbocycles. The Hall–Kier alpha value is -0.740. The van der Waals surface area contributed by atoms with Crippen LogP contribution in [0.15, 0.2) is 0 Å². The van der Waals surface area contributed by atoms with E-state index in [9.17, 15) is 18.0 Å². The highest BCUT2D eigenvalue weighted by molar-refractivity contribution is 5.82. The van der Waals surface area contributed by atoms with Crippen LogP contribution in [-0.4, -0.2) is 12.1 Å². The number of nitrogens with one attached hydrogen (secondary N) is 1. The second-order valence-electron chi connectivity index (χ2n) is 1.96. The number of alkyl halides is 3. The molecule has 0 spiro atoms. The summed E-state index contributed by atoms with van der Waals surface area (Å²) in [4.78, 5) is 10.1. The molecule has 1 amide bonds. The van der Waals surface area contributed by atoms with Crippen molar-refractivity contribution < 1.29 is 18.0 Å². The van der Waals surface area contributed by atoms with Crippen LogP contribution >= 0.6 is 0 Å². The third-order valence-corrected chi connectivity index (χ3v) is 0.924. The summed E-state index contributed by atoms with van der Waals surface area (Å²) < 4.78 is 34.3. The van der Waals surface area contributed by atoms with Gasteiger partial charge in [0.05, 0.1) is 0 Å². The molecular weight excluding hydrogens is 159 g/mol. The van der Waals surface area contributed by atoms with Gasteiger partial charge in [-0.3, -0.25) is 4.79 Å². The van der Waals surface area contributed by atoms with Gasteiger partial charge in [0.2, 0.25) is 0 Å². The lowest BCUT2D eigenvalue weighted by Crippen LogP contribution is -2.35. The van der Waals surface area contributed by atoms with Crippen LogP contribution in [0.1, 0.15) is 19.8 Å². The summed E-state index contributed by atoms with van der Waals surface area (Å²) in [5.41, 5.74) is 0. The molecule has 11 heavy (non-hydrogen) atoms. The maximum Gasteiger partial charge on any atom is 0.471 e. The van der Waals surface area contributed by atoms with E-state index in [1.165, 1.54) is 0 Å². The van der Waals surface area contributed by atoms with Gasteiger partial charge in [-0.15, -0.1) is 0 Å². The fraction of sp³-hybridized carbons (Fsp3) is 0.667. The maximum absolute atomic E-state index is 11.4. The van der Waals surface area contributed by atoms with Crippen LogP contribution < -0.4 is 5.32 Å². The highest BCUT2D eigenvalue weighted by Crippen LogP contribution is 2.14. The molecule has 0 saturated heterocycles. The highest BCUT2D eigenvalue weighted by Gasteiger charge is 2.38. The molecule has 0 atom stereocenters. The van der Waals surface area contributed by atoms with Gasteiger partial charge in [-0.05, 0) is 6.42 Å². The Balaban J connectivity index is 3.54. The lowest BCUT2D eigenvalue weighted by molar-refractivity contribution is -0.172. The number of amides is 1. The first-order valence-electron chi connectivity index (χ1n) is 3.18. The summed E-state index contributed by atoms with van der Waals surface area (Å²) in [5, 5.41) is 1.63. The van der Waals surface area contributed by atoms with Gasteiger partial charge in [-0.1, -0.05) is 13.3 Å². The summed E-state index contributed by atoms with van der Waals surface area (Å²) in [6.07, 6.45) is -3.62. The van der Waals surface area contributed by atoms with Gasteiger partial charge in [-0.2, -0.15) is 13.2 Å². The first-order valence-corrected chi connectivity index (χ1v) is 3.18. The van der Waals surface area contributed by atoms with E-state index >= 15 is 0 Å². The van der Waals surface area contributed by atoms with Crippen LogP contribution in [0.25, 0.3) is 0 Å². The van der Waals surface area contributed by atoms with E-state index in [2.05, 4.69) is 0 Å². The number of halogens is 3. The molecule has 0 heterocycles. The molecule has 0 aromatic carbocycles. The number of unbranched alkanes of at least 4 members (excludes halogenated alkanes) is 1. The van der Waals surface area contributed by atoms with Gasteiger partial charge < -0.3 is 5.32 Å². The highest BCUT2D eigenvalue weighted by atomic mass is 19.4. The van der Waals surface area contributed by atoms with Crippen LogP contribution in [0, 0.1) is 6.54 Å². The van der Waals surface area contributed by atoms with Crippen molar-refractivity contribution in [2.45, 2.75) is 25.9 Å². The summed E-state index contributed by atoms with van der Waals surface area (Å²) >= 11 is 0. The third-order valence-electron chi connectivity index (χ3n) is 0.924. The molecule has 0 fully saturated rings. The lowest BCUT2D eigenvalue weighted by Gasteiger charge is -2.05. The molecule has 1 N–H and O–H groups in total. The van der Waals surface area contributed by atoms with Crippen molar-refractivity contribution in [3.05, 3.63) is 6.54 Å². The largest absolute Gasteiger partial charge is 0.471 e. The first-order chi connectivity index (χ1) is 4.98. The third kappa shape index (κ3) is 4.64. The Morgan fingerprint density at radius 3 is 2.45 bits per heavy atom. The van der Waals surface area contributed by atoms with Crippen LogP contribution in [-0.2, 0) is 4.79 Å². The van der Waals surface area contributed by atoms with Crippen molar-refractivity contribution in [1.29, 1.82) is 0 Å². The van der Waals surface area contributed by atoms with E-state index in [1.54, 1.807) is 12.2 Å². The van der Waals surface area contributed by atoms with Crippen molar-refractivity contribution in [2.75, 3.05) is 0 Å². The van der Waals surface area contributed by atoms with Crippen molar-refractivity contribution in [3.8, 4) is 0 Å². The topological polar surface area (TPSA) is 29.1 Å². The predicted octanol–water partition coefficient (Wildman–Crippen LogP) is 1.63. The van der Waals surface area contributed by atoms with Crippen LogP contribution in [0.2, 0.25) is 0 Å². The number of hydrogen-bond donors (Lipinski definition) is 1. The second-order valence-corrected chi connectivity index (χ2v) is 1.96. The zero-order valence-corrected chi connectivity index (χ0v) is 6.03. The monoisotopic (exact) mass is 168 g/mol. The fourth-order valence-electron chi connectivity index (χ4n) is 0.391. The normalized spacial score (nSPS) is 11.3. The molecule has 5 heteroatoms. The first kappa shape index (κ1) is 10.3. The SMILES string of the molecule is CCC[CH]NC(=O)C(F)(F)F. The zero-order valence-electron chi connectivity index (χ0n) is 6.03. The minimum atomic E-state index is -4.77. The van der Waals surface area contributed by atoms with Crippen molar-refractivity contribution in [3.63, 3.8) is 0 Å². The van der Waals surface area contributed by atoms with E-state index in [4.69, 9.17) is 0 Å². The molecule has 0 aliphatic carbocycles. The van der Waals surface area contributed by atoms with Gasteiger partial charge in [-0.25, -0.2) is 0 Å². The zero-order chi connectivity index (χ0) is 8.91. The van der Waals surface area contributed by atoms with Gasteiger partial charge in [0, 0.05) is 6.54 Å². The molecule has 0 unspecified atom stereocenters. The molecule has 0 bridgehead atoms. The van der Waals surface area contributed by atoms with Crippen molar-refractivity contribution in [1.82, 2.24) is 5.32 Å². The Morgan fingerprint density at radius 1 is 1.55 bits per heavy atom. The van der Waals surface area contributed by atoms with Gasteiger partial charge >= 0.3 is 12.1 Å². The summed E-state index contributed by atoms with van der Waals surface area (Å²) in [5.74, 6) is -1.91. The van der Waals surface area contributed by atoms with E-state index in [-0.39, 0.29) is 0 Å². The quantitative estimate of drug-likeness (QED) is 0.637. The van der Waals surface area contributed by atoms with E-state index in [1.807, 2.05) is 0 Å². The van der Waals surface area contributed by atoms with Crippen LogP contribution in [0.4, 0.5) is 13.2 Å². The van der Waals surface area contributed by atoms with Crippen LogP contribution in [0.3, 0.4) is 0 Å². The van der Waals surface area contributed by atoms with Gasteiger partial charge in [0.25, 0.3) is 0 Å². The molecule has 2 nitrogen and oxygen atoms in total. The molecule has 0 aromatic heterocycles. The number of hydrogen-bond acceptors (Lipinski definition) is 1. The Labute approximate surface area is 62.8 Å². The summed E-state index contributed by atoms with van der Waals surface area (Å²) in [6.45, 7) is 2.91. The van der Waals surface area contributed by atoms with E-state index in [0.29, 0.717) is 12.8 Å². The standard InChI is InChI=1S/C6H9F3NO/c1-2-3-4-10-5(11)6(7,8)9/h4H,2-3H2,1H3,(H,10,11).